The summed E-state index contributed by atoms with van der Waals surface area (Å²) >= 11 is 0. The van der Waals surface area contributed by atoms with Gasteiger partial charge in [-0.05, 0) is 5.92 Å². The molecule has 0 spiro atoms. The van der Waals surface area contributed by atoms with Crippen LogP contribution in [0.4, 0.5) is 0 Å². The highest BCUT2D eigenvalue weighted by Crippen LogP contribution is 2.22. The van der Waals surface area contributed by atoms with E-state index in [2.05, 4.69) is 18.7 Å². The van der Waals surface area contributed by atoms with Gasteiger partial charge in [0.1, 0.15) is 0 Å². The van der Waals surface area contributed by atoms with Gasteiger partial charge in [0.2, 0.25) is 0 Å². The van der Waals surface area contributed by atoms with E-state index < -0.39 is 9.05 Å². The van der Waals surface area contributed by atoms with E-state index in [4.69, 9.17) is 17.7 Å². The van der Waals surface area contributed by atoms with Gasteiger partial charge in [-0.2, -0.15) is 0 Å². The van der Waals surface area contributed by atoms with Crippen LogP contribution in [0.2, 0.25) is 0 Å². The van der Waals surface area contributed by atoms with Gasteiger partial charge in [-0.25, -0.2) is 0 Å². The van der Waals surface area contributed by atoms with Gasteiger partial charge in [0.25, 0.3) is 0 Å². The lowest BCUT2D eigenvalue weighted by atomic mass is 10.0. The minimum absolute atomic E-state index is 0.440. The van der Waals surface area contributed by atoms with Crippen LogP contribution in [0, 0.1) is 5.92 Å². The van der Waals surface area contributed by atoms with Crippen molar-refractivity contribution in [2.45, 2.75) is 19.9 Å². The molecule has 3 fully saturated rings. The number of hydrogen-bond acceptors (Lipinski definition) is 5. The summed E-state index contributed by atoms with van der Waals surface area (Å²) in [5.74, 6) is 0.569. The van der Waals surface area contributed by atoms with Gasteiger partial charge in [0.15, 0.2) is 0 Å². The Hall–Kier alpha value is 0.0169. The molecule has 0 aromatic heterocycles. The van der Waals surface area contributed by atoms with Crippen LogP contribution >= 0.6 is 0 Å². The molecule has 3 aliphatic heterocycles. The summed E-state index contributed by atoms with van der Waals surface area (Å²) < 4.78 is 22.5. The molecule has 3 aliphatic rings. The zero-order valence-corrected chi connectivity index (χ0v) is 11.3. The molecule has 2 bridgehead atoms. The summed E-state index contributed by atoms with van der Waals surface area (Å²) in [4.78, 5) is 2.39. The van der Waals surface area contributed by atoms with E-state index in [1.165, 1.54) is 0 Å². The highest BCUT2D eigenvalue weighted by molar-refractivity contribution is 6.53. The molecule has 3 rings (SSSR count). The molecule has 0 aromatic rings. The molecule has 0 saturated carbocycles. The Kier molecular flexibility index (Phi) is 3.99. The van der Waals surface area contributed by atoms with Crippen molar-refractivity contribution in [3.8, 4) is 0 Å². The molecule has 0 N–H and O–H groups in total. The van der Waals surface area contributed by atoms with Gasteiger partial charge in [0, 0.05) is 26.2 Å². The van der Waals surface area contributed by atoms with Crippen LogP contribution in [-0.2, 0) is 17.7 Å². The monoisotopic (exact) mass is 247 g/mol. The largest absolute Gasteiger partial charge is 0.679 e. The highest BCUT2D eigenvalue weighted by Gasteiger charge is 2.48. The van der Waals surface area contributed by atoms with E-state index in [-0.39, 0.29) is 0 Å². The van der Waals surface area contributed by atoms with E-state index >= 15 is 0 Å². The van der Waals surface area contributed by atoms with Crippen molar-refractivity contribution in [2.24, 2.45) is 5.92 Å². The SMILES string of the molecule is CO[Si]12OCCN(CCO1)[C@@H](C(C)C)CO2. The average Bonchev–Trinajstić information content (AvgIpc) is 2.15. The van der Waals surface area contributed by atoms with Gasteiger partial charge < -0.3 is 17.7 Å². The maximum atomic E-state index is 5.80. The molecule has 0 aromatic carbocycles. The molecule has 16 heavy (non-hydrogen) atoms. The fraction of sp³-hybridized carbons (Fsp3) is 1.00. The molecule has 94 valence electrons. The van der Waals surface area contributed by atoms with Gasteiger partial charge in [-0.15, -0.1) is 0 Å². The van der Waals surface area contributed by atoms with Gasteiger partial charge >= 0.3 is 9.05 Å². The Morgan fingerprint density at radius 1 is 1.19 bits per heavy atom. The van der Waals surface area contributed by atoms with Crippen LogP contribution in [0.3, 0.4) is 0 Å². The Labute approximate surface area is 98.1 Å². The number of nitrogens with zero attached hydrogens (tertiary/aromatic N) is 1. The van der Waals surface area contributed by atoms with Crippen LogP contribution in [0.15, 0.2) is 0 Å². The maximum absolute atomic E-state index is 5.80. The Morgan fingerprint density at radius 3 is 2.31 bits per heavy atom. The van der Waals surface area contributed by atoms with Crippen molar-refractivity contribution in [3.05, 3.63) is 0 Å². The summed E-state index contributed by atoms with van der Waals surface area (Å²) in [6, 6.07) is 0.440. The van der Waals surface area contributed by atoms with E-state index in [1.54, 1.807) is 7.11 Å². The van der Waals surface area contributed by atoms with Crippen molar-refractivity contribution in [1.82, 2.24) is 4.90 Å². The molecule has 3 saturated heterocycles. The zero-order valence-electron chi connectivity index (χ0n) is 10.3. The summed E-state index contributed by atoms with van der Waals surface area (Å²) in [6.07, 6.45) is 0. The van der Waals surface area contributed by atoms with Crippen LogP contribution in [-0.4, -0.2) is 60.0 Å². The van der Waals surface area contributed by atoms with Crippen molar-refractivity contribution >= 4 is 9.05 Å². The molecule has 5 nitrogen and oxygen atoms in total. The van der Waals surface area contributed by atoms with Crippen molar-refractivity contribution in [1.29, 1.82) is 0 Å². The summed E-state index contributed by atoms with van der Waals surface area (Å²) in [7, 11) is -1.21. The number of rotatable bonds is 2. The number of fused-ring (bicyclic) bond motifs is 6. The lowest BCUT2D eigenvalue weighted by Crippen LogP contribution is -2.60. The molecular weight excluding hydrogens is 226 g/mol. The van der Waals surface area contributed by atoms with Crippen LogP contribution in [0.5, 0.6) is 0 Å². The molecule has 0 radical (unpaired) electrons. The smallest absolute Gasteiger partial charge is 0.355 e. The minimum atomic E-state index is -2.82. The third kappa shape index (κ3) is 2.47. The first-order valence-corrected chi connectivity index (χ1v) is 7.51. The van der Waals surface area contributed by atoms with Crippen LogP contribution in [0.1, 0.15) is 13.8 Å². The molecule has 6 heteroatoms. The molecule has 3 heterocycles. The van der Waals surface area contributed by atoms with Gasteiger partial charge in [-0.3, -0.25) is 4.90 Å². The van der Waals surface area contributed by atoms with Crippen molar-refractivity contribution in [3.63, 3.8) is 0 Å². The summed E-state index contributed by atoms with van der Waals surface area (Å²) in [5.41, 5.74) is 0. The van der Waals surface area contributed by atoms with Crippen LogP contribution in [0.25, 0.3) is 0 Å². The third-order valence-electron chi connectivity index (χ3n) is 3.23. The normalized spacial score (nSPS) is 40.5. The van der Waals surface area contributed by atoms with Crippen molar-refractivity contribution in [2.75, 3.05) is 40.0 Å². The highest BCUT2D eigenvalue weighted by atomic mass is 28.4. The topological polar surface area (TPSA) is 40.2 Å². The first-order chi connectivity index (χ1) is 7.67. The van der Waals surface area contributed by atoms with Gasteiger partial charge in [-0.1, -0.05) is 13.8 Å². The molecular formula is C10H21NO4Si. The molecule has 0 unspecified atom stereocenters. The second kappa shape index (κ2) is 5.12. The maximum Gasteiger partial charge on any atom is 0.679 e. The third-order valence-corrected chi connectivity index (χ3v) is 5.37. The second-order valence-corrected chi connectivity index (χ2v) is 6.83. The first-order valence-electron chi connectivity index (χ1n) is 5.88. The summed E-state index contributed by atoms with van der Waals surface area (Å²) in [6.45, 7) is 8.22. The Morgan fingerprint density at radius 2 is 1.81 bits per heavy atom. The Bertz CT molecular complexity index is 229. The van der Waals surface area contributed by atoms with E-state index in [1.807, 2.05) is 0 Å². The zero-order chi connectivity index (χ0) is 11.6. The lowest BCUT2D eigenvalue weighted by Gasteiger charge is -2.42. The first kappa shape index (κ1) is 12.5. The van der Waals surface area contributed by atoms with E-state index in [0.29, 0.717) is 31.8 Å². The second-order valence-electron chi connectivity index (χ2n) is 4.56. The summed E-state index contributed by atoms with van der Waals surface area (Å²) in [5, 5.41) is 0. The van der Waals surface area contributed by atoms with Crippen LogP contribution < -0.4 is 0 Å². The van der Waals surface area contributed by atoms with Crippen molar-refractivity contribution < 1.29 is 17.7 Å². The van der Waals surface area contributed by atoms with E-state index in [9.17, 15) is 0 Å². The lowest BCUT2D eigenvalue weighted by molar-refractivity contribution is -0.0893. The number of hydrogen-bond donors (Lipinski definition) is 0. The molecule has 1 atom stereocenters. The Balaban J connectivity index is 2.14. The predicted octanol–water partition coefficient (Wildman–Crippen LogP) is 0.472. The molecule has 0 aliphatic carbocycles. The average molecular weight is 247 g/mol. The predicted molar refractivity (Wildman–Crippen MR) is 60.8 cm³/mol. The standard InChI is InChI=1S/C10H21NO4Si/c1-9(2)10-8-15-16(12-3)13-6-4-11(10)5-7-14-16/h9-10H,4-8H2,1-3H3/t10-/m1/s1. The fourth-order valence-electron chi connectivity index (χ4n) is 2.23. The van der Waals surface area contributed by atoms with E-state index in [0.717, 1.165) is 13.1 Å². The minimum Gasteiger partial charge on any atom is -0.355 e. The van der Waals surface area contributed by atoms with Gasteiger partial charge in [0.05, 0.1) is 19.8 Å². The molecule has 0 amide bonds. The quantitative estimate of drug-likeness (QED) is 0.664. The fourth-order valence-corrected chi connectivity index (χ4v) is 3.89.